The molecule has 0 radical (unpaired) electrons. The van der Waals surface area contributed by atoms with E-state index in [1.165, 1.54) is 77.3 Å². The van der Waals surface area contributed by atoms with E-state index in [-0.39, 0.29) is 0 Å². The fourth-order valence-corrected chi connectivity index (χ4v) is 2.31. The van der Waals surface area contributed by atoms with Gasteiger partial charge in [0.05, 0.1) is 0 Å². The Bertz CT molecular complexity index is 160. The normalized spacial score (nSPS) is 11.3. The lowest BCUT2D eigenvalue weighted by Gasteiger charge is -2.20. The molecule has 0 saturated carbocycles. The third-order valence-corrected chi connectivity index (χ3v) is 3.46. The molecule has 0 bridgehead atoms. The zero-order valence-corrected chi connectivity index (χ0v) is 13.1. The monoisotopic (exact) mass is 253 g/mol. The maximum atomic E-state index is 2.51. The molecule has 108 valence electrons. The van der Waals surface area contributed by atoms with Gasteiger partial charge in [0.15, 0.2) is 0 Å². The Kier molecular flexibility index (Phi) is 14.2. The summed E-state index contributed by atoms with van der Waals surface area (Å²) < 4.78 is 0. The predicted molar refractivity (Wildman–Crippen MR) is 83.9 cm³/mol. The summed E-state index contributed by atoms with van der Waals surface area (Å²) in [6.07, 6.45) is 18.3. The molecule has 1 nitrogen and oxygen atoms in total. The molecule has 0 heterocycles. The van der Waals surface area contributed by atoms with Crippen molar-refractivity contribution >= 4 is 0 Å². The second kappa shape index (κ2) is 14.6. The van der Waals surface area contributed by atoms with Crippen molar-refractivity contribution in [3.63, 3.8) is 0 Å². The van der Waals surface area contributed by atoms with Crippen LogP contribution in [0.5, 0.6) is 0 Å². The molecule has 0 unspecified atom stereocenters. The summed E-state index contributed by atoms with van der Waals surface area (Å²) in [5.74, 6) is 0. The van der Waals surface area contributed by atoms with Crippen LogP contribution in [0.2, 0.25) is 0 Å². The van der Waals surface area contributed by atoms with Crippen LogP contribution >= 0.6 is 0 Å². The molecule has 18 heavy (non-hydrogen) atoms. The first-order valence-electron chi connectivity index (χ1n) is 8.22. The van der Waals surface area contributed by atoms with Gasteiger partial charge in [-0.2, -0.15) is 0 Å². The van der Waals surface area contributed by atoms with Crippen molar-refractivity contribution in [3.05, 3.63) is 12.3 Å². The molecule has 0 aromatic rings. The van der Waals surface area contributed by atoms with Crippen LogP contribution in [0.15, 0.2) is 12.3 Å². The van der Waals surface area contributed by atoms with Gasteiger partial charge in [-0.05, 0) is 26.0 Å². The Morgan fingerprint density at radius 2 is 1.11 bits per heavy atom. The highest BCUT2D eigenvalue weighted by atomic mass is 15.1. The molecule has 0 aliphatic rings. The quantitative estimate of drug-likeness (QED) is 0.377. The Balaban J connectivity index is 3.52. The van der Waals surface area contributed by atoms with Crippen molar-refractivity contribution in [3.8, 4) is 0 Å². The minimum atomic E-state index is 1.25. The highest BCUT2D eigenvalue weighted by Crippen LogP contribution is 2.07. The SMILES string of the molecule is CC=CN(CCCCCCC)CCCCCCC. The second-order valence-electron chi connectivity index (χ2n) is 5.35. The van der Waals surface area contributed by atoms with Gasteiger partial charge in [-0.15, -0.1) is 0 Å². The van der Waals surface area contributed by atoms with Crippen molar-refractivity contribution in [1.29, 1.82) is 0 Å². The third-order valence-electron chi connectivity index (χ3n) is 3.46. The summed E-state index contributed by atoms with van der Waals surface area (Å²) in [7, 11) is 0. The number of unbranched alkanes of at least 4 members (excludes halogenated alkanes) is 8. The van der Waals surface area contributed by atoms with Crippen LogP contribution in [-0.4, -0.2) is 18.0 Å². The van der Waals surface area contributed by atoms with Crippen LogP contribution in [0.25, 0.3) is 0 Å². The largest absolute Gasteiger partial charge is 0.378 e. The van der Waals surface area contributed by atoms with Gasteiger partial charge in [-0.25, -0.2) is 0 Å². The van der Waals surface area contributed by atoms with Crippen LogP contribution in [0.3, 0.4) is 0 Å². The molecule has 0 fully saturated rings. The van der Waals surface area contributed by atoms with Gasteiger partial charge in [0, 0.05) is 13.1 Å². The fraction of sp³-hybridized carbons (Fsp3) is 0.882. The van der Waals surface area contributed by atoms with Gasteiger partial charge in [0.2, 0.25) is 0 Å². The van der Waals surface area contributed by atoms with E-state index in [0.29, 0.717) is 0 Å². The van der Waals surface area contributed by atoms with Gasteiger partial charge in [-0.3, -0.25) is 0 Å². The summed E-state index contributed by atoms with van der Waals surface area (Å²) in [4.78, 5) is 2.51. The van der Waals surface area contributed by atoms with E-state index in [2.05, 4.69) is 37.9 Å². The van der Waals surface area contributed by atoms with Crippen LogP contribution < -0.4 is 0 Å². The molecule has 0 aromatic carbocycles. The summed E-state index contributed by atoms with van der Waals surface area (Å²) >= 11 is 0. The number of nitrogens with zero attached hydrogens (tertiary/aromatic N) is 1. The number of hydrogen-bond donors (Lipinski definition) is 0. The molecule has 0 saturated heterocycles. The highest BCUT2D eigenvalue weighted by molar-refractivity contribution is 4.78. The number of allylic oxidation sites excluding steroid dienone is 1. The number of hydrogen-bond acceptors (Lipinski definition) is 1. The van der Waals surface area contributed by atoms with E-state index in [1.54, 1.807) is 0 Å². The van der Waals surface area contributed by atoms with E-state index >= 15 is 0 Å². The van der Waals surface area contributed by atoms with Gasteiger partial charge in [0.25, 0.3) is 0 Å². The van der Waals surface area contributed by atoms with Crippen molar-refractivity contribution in [1.82, 2.24) is 4.90 Å². The van der Waals surface area contributed by atoms with Crippen LogP contribution in [0.1, 0.15) is 85.0 Å². The molecule has 0 spiro atoms. The zero-order valence-electron chi connectivity index (χ0n) is 13.1. The van der Waals surface area contributed by atoms with E-state index in [4.69, 9.17) is 0 Å². The average molecular weight is 253 g/mol. The lowest BCUT2D eigenvalue weighted by Crippen LogP contribution is -2.19. The van der Waals surface area contributed by atoms with Crippen LogP contribution in [0, 0.1) is 0 Å². The van der Waals surface area contributed by atoms with Crippen molar-refractivity contribution in [2.24, 2.45) is 0 Å². The zero-order chi connectivity index (χ0) is 13.5. The lowest BCUT2D eigenvalue weighted by atomic mass is 10.1. The first kappa shape index (κ1) is 17.5. The molecule has 0 atom stereocenters. The minimum absolute atomic E-state index is 1.25. The van der Waals surface area contributed by atoms with Crippen molar-refractivity contribution in [2.45, 2.75) is 85.0 Å². The molecule has 0 aliphatic carbocycles. The molecular weight excluding hydrogens is 218 g/mol. The smallest absolute Gasteiger partial charge is 0.0172 e. The Labute approximate surface area is 116 Å². The predicted octanol–water partition coefficient (Wildman–Crippen LogP) is 5.76. The molecule has 0 amide bonds. The van der Waals surface area contributed by atoms with Crippen LogP contribution in [0.4, 0.5) is 0 Å². The summed E-state index contributed by atoms with van der Waals surface area (Å²) in [6.45, 7) is 9.19. The molecule has 0 rings (SSSR count). The average Bonchev–Trinajstić information content (AvgIpc) is 2.38. The van der Waals surface area contributed by atoms with Crippen molar-refractivity contribution in [2.75, 3.05) is 13.1 Å². The maximum Gasteiger partial charge on any atom is 0.0172 e. The van der Waals surface area contributed by atoms with Crippen molar-refractivity contribution < 1.29 is 0 Å². The summed E-state index contributed by atoms with van der Waals surface area (Å²) in [6, 6.07) is 0. The highest BCUT2D eigenvalue weighted by Gasteiger charge is 1.99. The van der Waals surface area contributed by atoms with E-state index in [9.17, 15) is 0 Å². The first-order chi connectivity index (χ1) is 8.85. The molecule has 1 heteroatoms. The molecule has 0 aliphatic heterocycles. The Morgan fingerprint density at radius 3 is 1.50 bits per heavy atom. The first-order valence-corrected chi connectivity index (χ1v) is 8.22. The maximum absolute atomic E-state index is 2.51. The molecule has 0 aromatic heterocycles. The van der Waals surface area contributed by atoms with E-state index in [0.717, 1.165) is 0 Å². The third kappa shape index (κ3) is 12.0. The topological polar surface area (TPSA) is 3.24 Å². The number of rotatable bonds is 13. The van der Waals surface area contributed by atoms with Gasteiger partial charge < -0.3 is 4.90 Å². The van der Waals surface area contributed by atoms with Gasteiger partial charge in [0.1, 0.15) is 0 Å². The Hall–Kier alpha value is -0.460. The minimum Gasteiger partial charge on any atom is -0.378 e. The second-order valence-corrected chi connectivity index (χ2v) is 5.35. The van der Waals surface area contributed by atoms with Crippen LogP contribution in [-0.2, 0) is 0 Å². The molecule has 0 N–H and O–H groups in total. The standard InChI is InChI=1S/C17H35N/c1-4-7-9-11-13-16-18(15-6-3)17-14-12-10-8-5-2/h6,15H,4-5,7-14,16-17H2,1-3H3. The summed E-state index contributed by atoms with van der Waals surface area (Å²) in [5.41, 5.74) is 0. The van der Waals surface area contributed by atoms with Gasteiger partial charge >= 0.3 is 0 Å². The fourth-order valence-electron chi connectivity index (χ4n) is 2.31. The lowest BCUT2D eigenvalue weighted by molar-refractivity contribution is 0.349. The Morgan fingerprint density at radius 1 is 0.667 bits per heavy atom. The van der Waals surface area contributed by atoms with Gasteiger partial charge in [-0.1, -0.05) is 71.3 Å². The van der Waals surface area contributed by atoms with E-state index < -0.39 is 0 Å². The summed E-state index contributed by atoms with van der Waals surface area (Å²) in [5, 5.41) is 0. The van der Waals surface area contributed by atoms with E-state index in [1.807, 2.05) is 0 Å². The molecular formula is C17H35N.